The molecule has 1 N–H and O–H groups in total. The number of nitrogens with zero attached hydrogens (tertiary/aromatic N) is 1. The number of carbonyl (C=O) groups excluding carboxylic acids is 1. The van der Waals surface area contributed by atoms with Crippen LogP contribution in [0.2, 0.25) is 0 Å². The molecule has 1 unspecified atom stereocenters. The van der Waals surface area contributed by atoms with E-state index in [0.29, 0.717) is 33.2 Å². The number of hydrogen-bond acceptors (Lipinski definition) is 7. The van der Waals surface area contributed by atoms with Crippen molar-refractivity contribution in [2.45, 2.75) is 43.2 Å². The molecule has 1 atom stereocenters. The fourth-order valence-corrected chi connectivity index (χ4v) is 4.42. The Hall–Kier alpha value is -2.91. The highest BCUT2D eigenvalue weighted by Gasteiger charge is 2.31. The normalized spacial score (nSPS) is 11.9. The lowest BCUT2D eigenvalue weighted by Gasteiger charge is -2.21. The Labute approximate surface area is 184 Å². The minimum absolute atomic E-state index is 0.182. The van der Waals surface area contributed by atoms with E-state index in [4.69, 9.17) is 18.9 Å². The zero-order valence-electron chi connectivity index (χ0n) is 18.0. The highest BCUT2D eigenvalue weighted by Crippen LogP contribution is 2.53. The number of ether oxygens (including phenoxy) is 4. The molecule has 1 heterocycles. The molecule has 0 fully saturated rings. The number of H-pyrrole nitrogens is 1. The second kappa shape index (κ2) is 10.4. The first-order chi connectivity index (χ1) is 15.0. The molecule has 3 rings (SSSR count). The Bertz CT molecular complexity index is 1040. The summed E-state index contributed by atoms with van der Waals surface area (Å²) >= 11 is -1.63. The third kappa shape index (κ3) is 4.72. The number of fused-ring (bicyclic) bond motifs is 1. The predicted molar refractivity (Wildman–Crippen MR) is 117 cm³/mol. The topological polar surface area (TPSA) is 106 Å². The van der Waals surface area contributed by atoms with Crippen LogP contribution in [-0.4, -0.2) is 41.3 Å². The number of aromatic nitrogens is 2. The second-order valence-corrected chi connectivity index (χ2v) is 8.08. The van der Waals surface area contributed by atoms with E-state index in [1.807, 2.05) is 0 Å². The van der Waals surface area contributed by atoms with E-state index in [9.17, 15) is 9.35 Å². The summed E-state index contributed by atoms with van der Waals surface area (Å²) in [5, 5.41) is 1.34. The summed E-state index contributed by atoms with van der Waals surface area (Å²) < 4.78 is 36.1. The van der Waals surface area contributed by atoms with Crippen LogP contribution in [0.1, 0.15) is 33.1 Å². The number of carbonyl (C=O) groups is 1. The third-order valence-electron chi connectivity index (χ3n) is 4.61. The standard InChI is InChI=1S/C22H26N2O6S/c1-5-6-7-13-29-19-17-15(18(30-14(2)25)20(27-3)21(19)28-4)9-8-10-16(17)31(26)22-23-11-12-24-22/h8-12H,5-7,13H2,1-4H3,(H,23,24). The highest BCUT2D eigenvalue weighted by molar-refractivity contribution is 7.91. The summed E-state index contributed by atoms with van der Waals surface area (Å²) in [6, 6.07) is 5.22. The molecule has 0 amide bonds. The summed E-state index contributed by atoms with van der Waals surface area (Å²) in [5.74, 6) is 0.553. The van der Waals surface area contributed by atoms with Gasteiger partial charge < -0.3 is 28.5 Å². The Morgan fingerprint density at radius 1 is 1.13 bits per heavy atom. The maximum atomic E-state index is 13.3. The van der Waals surface area contributed by atoms with Gasteiger partial charge in [0.25, 0.3) is 0 Å². The van der Waals surface area contributed by atoms with E-state index >= 15 is 0 Å². The van der Waals surface area contributed by atoms with E-state index in [1.54, 1.807) is 24.4 Å². The van der Waals surface area contributed by atoms with Crippen molar-refractivity contribution in [1.82, 2.24) is 9.97 Å². The Balaban J connectivity index is 2.31. The number of aromatic amines is 1. The van der Waals surface area contributed by atoms with Crippen molar-refractivity contribution in [3.05, 3.63) is 30.6 Å². The number of unbranched alkanes of at least 4 members (excludes halogenated alkanes) is 2. The van der Waals surface area contributed by atoms with E-state index in [1.165, 1.54) is 27.3 Å². The molecule has 0 bridgehead atoms. The monoisotopic (exact) mass is 446 g/mol. The molecule has 0 aliphatic rings. The fourth-order valence-electron chi connectivity index (χ4n) is 3.29. The first kappa shape index (κ1) is 22.8. The van der Waals surface area contributed by atoms with Crippen molar-refractivity contribution < 1.29 is 28.3 Å². The molecule has 0 aliphatic heterocycles. The van der Waals surface area contributed by atoms with Gasteiger partial charge in [-0.05, 0) is 18.6 Å². The Kier molecular flexibility index (Phi) is 7.64. The van der Waals surface area contributed by atoms with Gasteiger partial charge in [-0.3, -0.25) is 4.79 Å². The van der Waals surface area contributed by atoms with Crippen LogP contribution < -0.4 is 18.9 Å². The molecule has 2 aromatic carbocycles. The molecule has 0 radical (unpaired) electrons. The second-order valence-electron chi connectivity index (χ2n) is 6.72. The van der Waals surface area contributed by atoms with Crippen molar-refractivity contribution in [2.24, 2.45) is 0 Å². The zero-order chi connectivity index (χ0) is 22.4. The quantitative estimate of drug-likeness (QED) is 0.215. The molecule has 9 heteroatoms. The molecular weight excluding hydrogens is 420 g/mol. The molecule has 3 aromatic rings. The molecule has 0 saturated heterocycles. The molecule has 31 heavy (non-hydrogen) atoms. The summed E-state index contributed by atoms with van der Waals surface area (Å²) in [4.78, 5) is 19.3. The van der Waals surface area contributed by atoms with Gasteiger partial charge in [-0.2, -0.15) is 4.98 Å². The molecule has 166 valence electrons. The van der Waals surface area contributed by atoms with Crippen LogP contribution >= 0.6 is 0 Å². The number of esters is 1. The van der Waals surface area contributed by atoms with Gasteiger partial charge >= 0.3 is 11.1 Å². The number of nitrogens with one attached hydrogen (secondary N) is 1. The van der Waals surface area contributed by atoms with Crippen LogP contribution in [0.3, 0.4) is 0 Å². The average molecular weight is 447 g/mol. The smallest absolute Gasteiger partial charge is 0.326 e. The summed E-state index contributed by atoms with van der Waals surface area (Å²) in [6.07, 6.45) is 6.04. The van der Waals surface area contributed by atoms with Crippen LogP contribution in [0.5, 0.6) is 23.0 Å². The number of methoxy groups -OCH3 is 2. The molecule has 1 aromatic heterocycles. The van der Waals surface area contributed by atoms with Crippen LogP contribution in [-0.2, 0) is 16.0 Å². The van der Waals surface area contributed by atoms with Gasteiger partial charge in [-0.15, -0.1) is 0 Å². The van der Waals surface area contributed by atoms with Crippen molar-refractivity contribution in [1.29, 1.82) is 0 Å². The van der Waals surface area contributed by atoms with Gasteiger partial charge in [0.2, 0.25) is 11.5 Å². The minimum Gasteiger partial charge on any atom is -0.604 e. The summed E-state index contributed by atoms with van der Waals surface area (Å²) in [5.41, 5.74) is 0. The van der Waals surface area contributed by atoms with Crippen molar-refractivity contribution in [3.63, 3.8) is 0 Å². The highest BCUT2D eigenvalue weighted by atomic mass is 32.2. The maximum absolute atomic E-state index is 13.3. The third-order valence-corrected chi connectivity index (χ3v) is 5.93. The molecular formula is C22H26N2O6S. The van der Waals surface area contributed by atoms with Gasteiger partial charge in [0.05, 0.1) is 37.4 Å². The first-order valence-electron chi connectivity index (χ1n) is 9.96. The van der Waals surface area contributed by atoms with Crippen LogP contribution in [0.25, 0.3) is 10.8 Å². The Morgan fingerprint density at radius 2 is 1.87 bits per heavy atom. The van der Waals surface area contributed by atoms with E-state index < -0.39 is 17.1 Å². The number of imidazole rings is 1. The van der Waals surface area contributed by atoms with Gasteiger partial charge in [-0.1, -0.05) is 25.8 Å². The summed E-state index contributed by atoms with van der Waals surface area (Å²) in [7, 11) is 2.94. The predicted octanol–water partition coefficient (Wildman–Crippen LogP) is 4.24. The van der Waals surface area contributed by atoms with Crippen molar-refractivity contribution in [2.75, 3.05) is 20.8 Å². The molecule has 0 spiro atoms. The van der Waals surface area contributed by atoms with Crippen LogP contribution in [0, 0.1) is 0 Å². The van der Waals surface area contributed by atoms with Crippen LogP contribution in [0.4, 0.5) is 0 Å². The van der Waals surface area contributed by atoms with Gasteiger partial charge in [0.15, 0.2) is 16.4 Å². The number of benzene rings is 2. The molecule has 0 aliphatic carbocycles. The van der Waals surface area contributed by atoms with Gasteiger partial charge in [0.1, 0.15) is 0 Å². The number of hydrogen-bond donors (Lipinski definition) is 1. The maximum Gasteiger partial charge on any atom is 0.326 e. The number of rotatable bonds is 10. The van der Waals surface area contributed by atoms with E-state index in [2.05, 4.69) is 16.9 Å². The largest absolute Gasteiger partial charge is 0.604 e. The van der Waals surface area contributed by atoms with Gasteiger partial charge in [0, 0.05) is 24.7 Å². The van der Waals surface area contributed by atoms with Crippen molar-refractivity contribution >= 4 is 27.9 Å². The first-order valence-corrected chi connectivity index (χ1v) is 11.1. The lowest BCUT2D eigenvalue weighted by molar-refractivity contribution is -0.131. The lowest BCUT2D eigenvalue weighted by atomic mass is 10.1. The zero-order valence-corrected chi connectivity index (χ0v) is 18.8. The van der Waals surface area contributed by atoms with Gasteiger partial charge in [-0.25, -0.2) is 0 Å². The summed E-state index contributed by atoms with van der Waals surface area (Å²) in [6.45, 7) is 3.85. The Morgan fingerprint density at radius 3 is 2.48 bits per heavy atom. The molecule has 8 nitrogen and oxygen atoms in total. The van der Waals surface area contributed by atoms with E-state index in [0.717, 1.165) is 19.3 Å². The SMILES string of the molecule is CCCCCOc1c(OC)c(OC)c(OC(C)=O)c2cccc([S+]([O-])c3ncc[nH]3)c12. The van der Waals surface area contributed by atoms with E-state index in [-0.39, 0.29) is 17.2 Å². The molecule has 0 saturated carbocycles. The van der Waals surface area contributed by atoms with Crippen molar-refractivity contribution in [3.8, 4) is 23.0 Å². The fraction of sp³-hybridized carbons (Fsp3) is 0.364. The van der Waals surface area contributed by atoms with Crippen LogP contribution in [0.15, 0.2) is 40.6 Å². The minimum atomic E-state index is -1.63. The average Bonchev–Trinajstić information content (AvgIpc) is 3.31. The lowest BCUT2D eigenvalue weighted by Crippen LogP contribution is -2.10.